The van der Waals surface area contributed by atoms with E-state index in [2.05, 4.69) is 81.5 Å². The number of esters is 3. The Morgan fingerprint density at radius 3 is 0.967 bits per heavy atom. The van der Waals surface area contributed by atoms with Crippen LogP contribution in [0.4, 0.5) is 0 Å². The van der Waals surface area contributed by atoms with Crippen molar-refractivity contribution in [2.75, 3.05) is 13.2 Å². The molecule has 0 amide bonds. The van der Waals surface area contributed by atoms with Crippen molar-refractivity contribution in [2.24, 2.45) is 0 Å². The molecule has 0 aliphatic heterocycles. The Kier molecular flexibility index (Phi) is 47.4. The van der Waals surface area contributed by atoms with E-state index in [9.17, 15) is 14.4 Å². The predicted octanol–water partition coefficient (Wildman–Crippen LogP) is 16.9. The van der Waals surface area contributed by atoms with E-state index < -0.39 is 6.10 Å². The summed E-state index contributed by atoms with van der Waals surface area (Å²) in [6.07, 6.45) is 60.5. The molecule has 6 nitrogen and oxygen atoms in total. The summed E-state index contributed by atoms with van der Waals surface area (Å²) in [6.45, 7) is 6.54. The van der Waals surface area contributed by atoms with Crippen LogP contribution in [0.3, 0.4) is 0 Å². The third kappa shape index (κ3) is 48.0. The molecule has 0 saturated heterocycles. The topological polar surface area (TPSA) is 78.9 Å². The molecule has 0 unspecified atom stereocenters. The molecule has 0 aromatic rings. The first-order valence-electron chi connectivity index (χ1n) is 25.8. The van der Waals surface area contributed by atoms with Crippen LogP contribution in [-0.4, -0.2) is 37.2 Å². The number of rotatable bonds is 46. The summed E-state index contributed by atoms with van der Waals surface area (Å²) in [7, 11) is 0. The summed E-state index contributed by atoms with van der Waals surface area (Å²) >= 11 is 0. The first kappa shape index (κ1) is 58.1. The van der Waals surface area contributed by atoms with Crippen LogP contribution in [-0.2, 0) is 28.6 Å². The highest BCUT2D eigenvalue weighted by atomic mass is 16.6. The standard InChI is InChI=1S/C55H96O6/c1-4-7-10-13-16-19-22-25-27-28-29-31-33-36-39-42-45-48-54(57)60-51-52(50-59-53(56)47-44-41-38-35-32-24-21-18-15-12-9-6-3)61-55(58)49-46-43-40-37-34-30-26-23-20-17-14-11-8-5-2/h16,18-19,21,23,25-27,29,31,52H,4-15,17,20,22,24,28,30,32-51H2,1-3H3/b19-16-,21-18-,26-23-,27-25-,31-29-/t52-/m1/s1. The zero-order valence-corrected chi connectivity index (χ0v) is 40.2. The minimum absolute atomic E-state index is 0.0891. The highest BCUT2D eigenvalue weighted by Crippen LogP contribution is 2.13. The van der Waals surface area contributed by atoms with Crippen molar-refractivity contribution >= 4 is 17.9 Å². The summed E-state index contributed by atoms with van der Waals surface area (Å²) in [5.41, 5.74) is 0. The van der Waals surface area contributed by atoms with Crippen LogP contribution < -0.4 is 0 Å². The van der Waals surface area contributed by atoms with Gasteiger partial charge in [0.25, 0.3) is 0 Å². The van der Waals surface area contributed by atoms with Gasteiger partial charge in [0.15, 0.2) is 6.10 Å². The molecule has 0 aromatic heterocycles. The molecule has 0 aliphatic rings. The second-order valence-corrected chi connectivity index (χ2v) is 17.1. The number of carbonyl (C=O) groups excluding carboxylic acids is 3. The van der Waals surface area contributed by atoms with Gasteiger partial charge in [-0.15, -0.1) is 0 Å². The number of ether oxygens (including phenoxy) is 3. The molecule has 0 rings (SSSR count). The van der Waals surface area contributed by atoms with Crippen molar-refractivity contribution in [3.63, 3.8) is 0 Å². The van der Waals surface area contributed by atoms with E-state index in [0.29, 0.717) is 19.3 Å². The lowest BCUT2D eigenvalue weighted by molar-refractivity contribution is -0.167. The Balaban J connectivity index is 4.43. The van der Waals surface area contributed by atoms with Gasteiger partial charge in [0.2, 0.25) is 0 Å². The molecular formula is C55H96O6. The Hall–Kier alpha value is -2.89. The van der Waals surface area contributed by atoms with Gasteiger partial charge in [-0.05, 0) is 109 Å². The van der Waals surface area contributed by atoms with Crippen molar-refractivity contribution in [1.29, 1.82) is 0 Å². The van der Waals surface area contributed by atoms with E-state index in [1.54, 1.807) is 0 Å². The van der Waals surface area contributed by atoms with Crippen molar-refractivity contribution in [3.8, 4) is 0 Å². The number of hydrogen-bond donors (Lipinski definition) is 0. The predicted molar refractivity (Wildman–Crippen MR) is 261 cm³/mol. The summed E-state index contributed by atoms with van der Waals surface area (Å²) in [5.74, 6) is -0.926. The van der Waals surface area contributed by atoms with Crippen LogP contribution in [0.2, 0.25) is 0 Å². The molecule has 0 spiro atoms. The Labute approximate surface area is 377 Å². The lowest BCUT2D eigenvalue weighted by Crippen LogP contribution is -2.30. The first-order chi connectivity index (χ1) is 30.0. The molecule has 0 bridgehead atoms. The Morgan fingerprint density at radius 2 is 0.590 bits per heavy atom. The molecule has 0 saturated carbocycles. The van der Waals surface area contributed by atoms with Gasteiger partial charge in [0.05, 0.1) is 0 Å². The normalized spacial score (nSPS) is 12.5. The van der Waals surface area contributed by atoms with Crippen molar-refractivity contribution in [2.45, 2.75) is 258 Å². The molecule has 0 heterocycles. The van der Waals surface area contributed by atoms with Crippen LogP contribution in [0, 0.1) is 0 Å². The highest BCUT2D eigenvalue weighted by molar-refractivity contribution is 5.71. The van der Waals surface area contributed by atoms with E-state index in [1.165, 1.54) is 109 Å². The number of unbranched alkanes of at least 4 members (excludes halogenated alkanes) is 25. The molecule has 352 valence electrons. The maximum atomic E-state index is 12.8. The Bertz CT molecular complexity index is 1120. The van der Waals surface area contributed by atoms with E-state index in [-0.39, 0.29) is 31.1 Å². The molecule has 0 aromatic carbocycles. The fraction of sp³-hybridized carbons (Fsp3) is 0.764. The van der Waals surface area contributed by atoms with Gasteiger partial charge in [0, 0.05) is 19.3 Å². The maximum absolute atomic E-state index is 12.8. The largest absolute Gasteiger partial charge is 0.462 e. The second-order valence-electron chi connectivity index (χ2n) is 17.1. The monoisotopic (exact) mass is 853 g/mol. The minimum atomic E-state index is -0.789. The number of carbonyl (C=O) groups is 3. The highest BCUT2D eigenvalue weighted by Gasteiger charge is 2.19. The average Bonchev–Trinajstić information content (AvgIpc) is 3.26. The summed E-state index contributed by atoms with van der Waals surface area (Å²) in [5, 5.41) is 0. The smallest absolute Gasteiger partial charge is 0.306 e. The van der Waals surface area contributed by atoms with Crippen molar-refractivity contribution in [1.82, 2.24) is 0 Å². The van der Waals surface area contributed by atoms with Gasteiger partial charge in [-0.25, -0.2) is 0 Å². The molecule has 0 fully saturated rings. The van der Waals surface area contributed by atoms with E-state index >= 15 is 0 Å². The number of hydrogen-bond acceptors (Lipinski definition) is 6. The van der Waals surface area contributed by atoms with Crippen molar-refractivity contribution < 1.29 is 28.6 Å². The van der Waals surface area contributed by atoms with Gasteiger partial charge < -0.3 is 14.2 Å². The molecule has 61 heavy (non-hydrogen) atoms. The molecule has 0 aliphatic carbocycles. The van der Waals surface area contributed by atoms with Crippen LogP contribution >= 0.6 is 0 Å². The second kappa shape index (κ2) is 49.8. The van der Waals surface area contributed by atoms with Crippen LogP contribution in [0.25, 0.3) is 0 Å². The van der Waals surface area contributed by atoms with Crippen LogP contribution in [0.15, 0.2) is 60.8 Å². The fourth-order valence-corrected chi connectivity index (χ4v) is 7.03. The molecule has 1 atom stereocenters. The molecule has 0 radical (unpaired) electrons. The fourth-order valence-electron chi connectivity index (χ4n) is 7.03. The third-order valence-electron chi connectivity index (χ3n) is 11.0. The van der Waals surface area contributed by atoms with Gasteiger partial charge in [0.1, 0.15) is 13.2 Å². The molecule has 0 N–H and O–H groups in total. The van der Waals surface area contributed by atoms with Gasteiger partial charge >= 0.3 is 17.9 Å². The summed E-state index contributed by atoms with van der Waals surface area (Å²) < 4.78 is 16.8. The van der Waals surface area contributed by atoms with E-state index in [1.807, 2.05) is 0 Å². The zero-order valence-electron chi connectivity index (χ0n) is 40.2. The zero-order chi connectivity index (χ0) is 44.4. The SMILES string of the molecule is CCCCC/C=C\C/C=C\C/C=C\CCCCCCC(=O)OC[C@@H](COC(=O)CCCCCCC/C=C\CCCCC)OC(=O)CCCCCCC/C=C\CCCCCCC. The van der Waals surface area contributed by atoms with E-state index in [0.717, 1.165) is 103 Å². The lowest BCUT2D eigenvalue weighted by atomic mass is 10.1. The Morgan fingerprint density at radius 1 is 0.328 bits per heavy atom. The third-order valence-corrected chi connectivity index (χ3v) is 11.0. The van der Waals surface area contributed by atoms with Gasteiger partial charge in [-0.1, -0.05) is 184 Å². The maximum Gasteiger partial charge on any atom is 0.306 e. The van der Waals surface area contributed by atoms with Gasteiger partial charge in [-0.3, -0.25) is 14.4 Å². The lowest BCUT2D eigenvalue weighted by Gasteiger charge is -2.18. The average molecular weight is 853 g/mol. The summed E-state index contributed by atoms with van der Waals surface area (Å²) in [4.78, 5) is 37.9. The van der Waals surface area contributed by atoms with Gasteiger partial charge in [-0.2, -0.15) is 0 Å². The summed E-state index contributed by atoms with van der Waals surface area (Å²) in [6, 6.07) is 0. The quantitative estimate of drug-likeness (QED) is 0.0263. The van der Waals surface area contributed by atoms with Crippen LogP contribution in [0.1, 0.15) is 252 Å². The minimum Gasteiger partial charge on any atom is -0.462 e. The van der Waals surface area contributed by atoms with Crippen LogP contribution in [0.5, 0.6) is 0 Å². The molecule has 6 heteroatoms. The number of allylic oxidation sites excluding steroid dienone is 10. The molecular weight excluding hydrogens is 757 g/mol. The van der Waals surface area contributed by atoms with Crippen molar-refractivity contribution in [3.05, 3.63) is 60.8 Å². The van der Waals surface area contributed by atoms with E-state index in [4.69, 9.17) is 14.2 Å². The first-order valence-corrected chi connectivity index (χ1v) is 25.8.